The van der Waals surface area contributed by atoms with Gasteiger partial charge >= 0.3 is 0 Å². The molecular formula is C11H18N2OS. The molecule has 0 radical (unpaired) electrons. The van der Waals surface area contributed by atoms with Gasteiger partial charge in [0.15, 0.2) is 0 Å². The van der Waals surface area contributed by atoms with Crippen molar-refractivity contribution >= 4 is 11.8 Å². The standard InChI is InChI=1S/C11H18N2OS/c1-12-11(4-5-15-3)9-6-10(14-2)8-13-7-9/h6-8,11-12H,4-5H2,1-3H3. The number of nitrogens with one attached hydrogen (secondary N) is 1. The number of rotatable bonds is 6. The fourth-order valence-corrected chi connectivity index (χ4v) is 1.92. The molecule has 0 aromatic carbocycles. The number of hydrogen-bond acceptors (Lipinski definition) is 4. The third-order valence-electron chi connectivity index (χ3n) is 2.33. The third-order valence-corrected chi connectivity index (χ3v) is 2.98. The summed E-state index contributed by atoms with van der Waals surface area (Å²) in [5.74, 6) is 1.96. The van der Waals surface area contributed by atoms with Crippen molar-refractivity contribution in [2.45, 2.75) is 12.5 Å². The fraction of sp³-hybridized carbons (Fsp3) is 0.545. The monoisotopic (exact) mass is 226 g/mol. The lowest BCUT2D eigenvalue weighted by atomic mass is 10.1. The Morgan fingerprint density at radius 3 is 2.93 bits per heavy atom. The van der Waals surface area contributed by atoms with Crippen LogP contribution in [0.5, 0.6) is 5.75 Å². The molecule has 0 amide bonds. The van der Waals surface area contributed by atoms with Crippen LogP contribution in [0.25, 0.3) is 0 Å². The molecule has 1 unspecified atom stereocenters. The molecule has 0 bridgehead atoms. The number of pyridine rings is 1. The minimum Gasteiger partial charge on any atom is -0.495 e. The van der Waals surface area contributed by atoms with E-state index in [-0.39, 0.29) is 0 Å². The number of thioether (sulfide) groups is 1. The molecule has 0 fully saturated rings. The van der Waals surface area contributed by atoms with E-state index in [0.29, 0.717) is 6.04 Å². The summed E-state index contributed by atoms with van der Waals surface area (Å²) in [6.45, 7) is 0. The first-order valence-corrected chi connectivity index (χ1v) is 6.36. The Balaban J connectivity index is 2.72. The van der Waals surface area contributed by atoms with E-state index in [1.807, 2.05) is 31.1 Å². The topological polar surface area (TPSA) is 34.2 Å². The maximum atomic E-state index is 5.16. The molecule has 1 aromatic heterocycles. The molecule has 0 spiro atoms. The zero-order chi connectivity index (χ0) is 11.1. The average Bonchev–Trinajstić information content (AvgIpc) is 2.30. The summed E-state index contributed by atoms with van der Waals surface area (Å²) in [5.41, 5.74) is 1.19. The fourth-order valence-electron chi connectivity index (χ4n) is 1.45. The first-order valence-electron chi connectivity index (χ1n) is 4.97. The van der Waals surface area contributed by atoms with Crippen molar-refractivity contribution < 1.29 is 4.74 Å². The van der Waals surface area contributed by atoms with Gasteiger partial charge in [0.05, 0.1) is 13.3 Å². The van der Waals surface area contributed by atoms with Gasteiger partial charge in [0.2, 0.25) is 0 Å². The predicted octanol–water partition coefficient (Wildman–Crippen LogP) is 2.10. The lowest BCUT2D eigenvalue weighted by Crippen LogP contribution is -2.17. The Morgan fingerprint density at radius 2 is 2.33 bits per heavy atom. The van der Waals surface area contributed by atoms with E-state index in [0.717, 1.165) is 17.9 Å². The first-order chi connectivity index (χ1) is 7.31. The van der Waals surface area contributed by atoms with Crippen LogP contribution in [-0.2, 0) is 0 Å². The van der Waals surface area contributed by atoms with Crippen LogP contribution in [0, 0.1) is 0 Å². The maximum Gasteiger partial charge on any atom is 0.137 e. The van der Waals surface area contributed by atoms with Crippen molar-refractivity contribution in [3.8, 4) is 5.75 Å². The van der Waals surface area contributed by atoms with Gasteiger partial charge in [-0.1, -0.05) is 0 Å². The molecule has 1 heterocycles. The van der Waals surface area contributed by atoms with Gasteiger partial charge in [-0.05, 0) is 37.1 Å². The Kier molecular flexibility index (Phi) is 5.50. The molecule has 0 saturated heterocycles. The van der Waals surface area contributed by atoms with E-state index in [1.165, 1.54) is 5.56 Å². The summed E-state index contributed by atoms with van der Waals surface area (Å²) < 4.78 is 5.16. The van der Waals surface area contributed by atoms with Crippen LogP contribution in [0.4, 0.5) is 0 Å². The molecular weight excluding hydrogens is 208 g/mol. The zero-order valence-electron chi connectivity index (χ0n) is 9.49. The highest BCUT2D eigenvalue weighted by Crippen LogP contribution is 2.20. The van der Waals surface area contributed by atoms with Crippen molar-refractivity contribution in [1.82, 2.24) is 10.3 Å². The molecule has 4 heteroatoms. The smallest absolute Gasteiger partial charge is 0.137 e. The molecule has 0 saturated carbocycles. The molecule has 84 valence electrons. The van der Waals surface area contributed by atoms with Crippen LogP contribution in [0.15, 0.2) is 18.5 Å². The third kappa shape index (κ3) is 3.72. The van der Waals surface area contributed by atoms with Gasteiger partial charge in [0, 0.05) is 12.2 Å². The second-order valence-electron chi connectivity index (χ2n) is 3.28. The summed E-state index contributed by atoms with van der Waals surface area (Å²) in [6.07, 6.45) is 6.85. The van der Waals surface area contributed by atoms with Crippen molar-refractivity contribution in [3.05, 3.63) is 24.0 Å². The number of nitrogens with zero attached hydrogens (tertiary/aromatic N) is 1. The molecule has 0 aliphatic carbocycles. The summed E-state index contributed by atoms with van der Waals surface area (Å²) in [7, 11) is 3.64. The van der Waals surface area contributed by atoms with Gasteiger partial charge in [-0.25, -0.2) is 0 Å². The van der Waals surface area contributed by atoms with Crippen LogP contribution in [0.2, 0.25) is 0 Å². The highest BCUT2D eigenvalue weighted by Gasteiger charge is 2.09. The molecule has 0 aliphatic rings. The molecule has 3 nitrogen and oxygen atoms in total. The van der Waals surface area contributed by atoms with Crippen molar-refractivity contribution in [1.29, 1.82) is 0 Å². The van der Waals surface area contributed by atoms with Crippen molar-refractivity contribution in [3.63, 3.8) is 0 Å². The van der Waals surface area contributed by atoms with Crippen molar-refractivity contribution in [2.75, 3.05) is 26.2 Å². The normalized spacial score (nSPS) is 12.5. The van der Waals surface area contributed by atoms with E-state index in [2.05, 4.69) is 16.6 Å². The Bertz CT molecular complexity index is 294. The second kappa shape index (κ2) is 6.69. The molecule has 1 N–H and O–H groups in total. The summed E-state index contributed by atoms with van der Waals surface area (Å²) >= 11 is 1.86. The van der Waals surface area contributed by atoms with Crippen LogP contribution in [0.1, 0.15) is 18.0 Å². The van der Waals surface area contributed by atoms with E-state index < -0.39 is 0 Å². The highest BCUT2D eigenvalue weighted by molar-refractivity contribution is 7.98. The van der Waals surface area contributed by atoms with E-state index in [4.69, 9.17) is 4.74 Å². The SMILES string of the molecule is CNC(CCSC)c1cncc(OC)c1. The second-order valence-corrected chi connectivity index (χ2v) is 4.27. The minimum absolute atomic E-state index is 0.361. The molecule has 1 rings (SSSR count). The quantitative estimate of drug-likeness (QED) is 0.805. The maximum absolute atomic E-state index is 5.16. The highest BCUT2D eigenvalue weighted by atomic mass is 32.2. The zero-order valence-corrected chi connectivity index (χ0v) is 10.3. The van der Waals surface area contributed by atoms with E-state index in [1.54, 1.807) is 13.3 Å². The van der Waals surface area contributed by atoms with Gasteiger partial charge < -0.3 is 10.1 Å². The Labute approximate surface area is 95.6 Å². The van der Waals surface area contributed by atoms with Gasteiger partial charge in [-0.3, -0.25) is 4.98 Å². The molecule has 1 atom stereocenters. The van der Waals surface area contributed by atoms with Crippen LogP contribution in [0.3, 0.4) is 0 Å². The van der Waals surface area contributed by atoms with E-state index >= 15 is 0 Å². The average molecular weight is 226 g/mol. The summed E-state index contributed by atoms with van der Waals surface area (Å²) in [4.78, 5) is 4.16. The van der Waals surface area contributed by atoms with Gasteiger partial charge in [-0.2, -0.15) is 11.8 Å². The predicted molar refractivity (Wildman–Crippen MR) is 65.6 cm³/mol. The van der Waals surface area contributed by atoms with Crippen LogP contribution >= 0.6 is 11.8 Å². The van der Waals surface area contributed by atoms with Crippen molar-refractivity contribution in [2.24, 2.45) is 0 Å². The lowest BCUT2D eigenvalue weighted by Gasteiger charge is -2.16. The molecule has 0 aliphatic heterocycles. The summed E-state index contributed by atoms with van der Waals surface area (Å²) in [5, 5.41) is 3.30. The number of hydrogen-bond donors (Lipinski definition) is 1. The van der Waals surface area contributed by atoms with Crippen LogP contribution in [-0.4, -0.2) is 31.2 Å². The first kappa shape index (κ1) is 12.3. The summed E-state index contributed by atoms with van der Waals surface area (Å²) in [6, 6.07) is 2.40. The van der Waals surface area contributed by atoms with Crippen LogP contribution < -0.4 is 10.1 Å². The number of aromatic nitrogens is 1. The lowest BCUT2D eigenvalue weighted by molar-refractivity contribution is 0.411. The molecule has 15 heavy (non-hydrogen) atoms. The van der Waals surface area contributed by atoms with E-state index in [9.17, 15) is 0 Å². The minimum atomic E-state index is 0.361. The largest absolute Gasteiger partial charge is 0.495 e. The van der Waals surface area contributed by atoms with Gasteiger partial charge in [0.1, 0.15) is 5.75 Å². The Hall–Kier alpha value is -0.740. The Morgan fingerprint density at radius 1 is 1.53 bits per heavy atom. The number of methoxy groups -OCH3 is 1. The van der Waals surface area contributed by atoms with Gasteiger partial charge in [0.25, 0.3) is 0 Å². The van der Waals surface area contributed by atoms with Gasteiger partial charge in [-0.15, -0.1) is 0 Å². The molecule has 1 aromatic rings. The number of ether oxygens (including phenoxy) is 1.